The molecule has 0 radical (unpaired) electrons. The zero-order chi connectivity index (χ0) is 13.0. The van der Waals surface area contributed by atoms with Crippen molar-refractivity contribution in [2.24, 2.45) is 0 Å². The number of carbonyl (C=O) groups is 1. The maximum Gasteiger partial charge on any atom is 0.224 e. The molecule has 0 saturated carbocycles. The second-order valence-corrected chi connectivity index (χ2v) is 6.77. The first-order valence-electron chi connectivity index (χ1n) is 5.39. The van der Waals surface area contributed by atoms with E-state index in [1.165, 1.54) is 0 Å². The molecule has 94 valence electrons. The number of thiophene rings is 1. The van der Waals surface area contributed by atoms with E-state index in [4.69, 9.17) is 11.6 Å². The molecule has 2 nitrogen and oxygen atoms in total. The Bertz CT molecular complexity index is 555. The zero-order valence-corrected chi connectivity index (χ0v) is 12.6. The third-order valence-electron chi connectivity index (χ3n) is 2.34. The minimum absolute atomic E-state index is 0.00166. The van der Waals surface area contributed by atoms with Crippen LogP contribution in [0.3, 0.4) is 0 Å². The first-order valence-corrected chi connectivity index (χ1v) is 7.37. The van der Waals surface area contributed by atoms with Gasteiger partial charge in [0.15, 0.2) is 0 Å². The van der Waals surface area contributed by atoms with Crippen LogP contribution in [0.1, 0.15) is 10.4 Å². The predicted molar refractivity (Wildman–Crippen MR) is 79.0 cm³/mol. The fraction of sp³-hybridized carbons (Fsp3) is 0.154. The van der Waals surface area contributed by atoms with E-state index in [0.29, 0.717) is 18.0 Å². The summed E-state index contributed by atoms with van der Waals surface area (Å²) in [6.07, 6.45) is 0.354. The molecule has 0 saturated heterocycles. The number of hydrogen-bond donors (Lipinski definition) is 1. The monoisotopic (exact) mass is 343 g/mol. The average Bonchev–Trinajstić information content (AvgIpc) is 2.73. The van der Waals surface area contributed by atoms with Crippen molar-refractivity contribution in [3.8, 4) is 0 Å². The second-order valence-electron chi connectivity index (χ2n) is 3.79. The molecule has 1 amide bonds. The van der Waals surface area contributed by atoms with Gasteiger partial charge in [-0.3, -0.25) is 4.79 Å². The van der Waals surface area contributed by atoms with Gasteiger partial charge in [-0.2, -0.15) is 0 Å². The Hall–Kier alpha value is -0.840. The molecular weight excluding hydrogens is 334 g/mol. The largest absolute Gasteiger partial charge is 0.351 e. The quantitative estimate of drug-likeness (QED) is 0.891. The number of rotatable bonds is 4. The van der Waals surface area contributed by atoms with Gasteiger partial charge in [-0.25, -0.2) is 0 Å². The number of nitrogens with one attached hydrogen (secondary N) is 1. The molecule has 18 heavy (non-hydrogen) atoms. The lowest BCUT2D eigenvalue weighted by atomic mass is 10.1. The molecule has 2 aromatic rings. The SMILES string of the molecule is O=C(Cc1cccc(Cl)c1)NCc1ccc(Br)s1. The highest BCUT2D eigenvalue weighted by Gasteiger charge is 2.04. The molecule has 0 aliphatic heterocycles. The van der Waals surface area contributed by atoms with Gasteiger partial charge in [-0.05, 0) is 45.8 Å². The zero-order valence-electron chi connectivity index (χ0n) is 9.45. The molecule has 0 spiro atoms. The summed E-state index contributed by atoms with van der Waals surface area (Å²) in [7, 11) is 0. The normalized spacial score (nSPS) is 10.3. The van der Waals surface area contributed by atoms with Crippen molar-refractivity contribution < 1.29 is 4.79 Å². The first kappa shape index (κ1) is 13.6. The molecule has 1 aromatic heterocycles. The first-order chi connectivity index (χ1) is 8.63. The van der Waals surface area contributed by atoms with Crippen molar-refractivity contribution in [2.45, 2.75) is 13.0 Å². The van der Waals surface area contributed by atoms with Gasteiger partial charge in [0.25, 0.3) is 0 Å². The molecule has 0 unspecified atom stereocenters. The molecule has 1 N–H and O–H groups in total. The molecule has 0 aliphatic carbocycles. The van der Waals surface area contributed by atoms with E-state index in [1.807, 2.05) is 30.3 Å². The van der Waals surface area contributed by atoms with Crippen LogP contribution in [0.15, 0.2) is 40.2 Å². The Morgan fingerprint density at radius 3 is 2.83 bits per heavy atom. The van der Waals surface area contributed by atoms with Gasteiger partial charge in [0.2, 0.25) is 5.91 Å². The third-order valence-corrected chi connectivity index (χ3v) is 4.20. The molecular formula is C13H11BrClNOS. The highest BCUT2D eigenvalue weighted by atomic mass is 79.9. The van der Waals surface area contributed by atoms with Crippen molar-refractivity contribution in [3.05, 3.63) is 55.6 Å². The summed E-state index contributed by atoms with van der Waals surface area (Å²) < 4.78 is 1.07. The van der Waals surface area contributed by atoms with E-state index >= 15 is 0 Å². The molecule has 1 aromatic carbocycles. The topological polar surface area (TPSA) is 29.1 Å². The highest BCUT2D eigenvalue weighted by Crippen LogP contribution is 2.21. The van der Waals surface area contributed by atoms with Gasteiger partial charge in [-0.1, -0.05) is 23.7 Å². The molecule has 1 heterocycles. The number of hydrogen-bond acceptors (Lipinski definition) is 2. The summed E-state index contributed by atoms with van der Waals surface area (Å²) in [4.78, 5) is 12.9. The lowest BCUT2D eigenvalue weighted by molar-refractivity contribution is -0.120. The van der Waals surface area contributed by atoms with E-state index < -0.39 is 0 Å². The molecule has 0 fully saturated rings. The van der Waals surface area contributed by atoms with E-state index in [1.54, 1.807) is 17.4 Å². The molecule has 0 aliphatic rings. The van der Waals surface area contributed by atoms with E-state index in [9.17, 15) is 4.79 Å². The van der Waals surface area contributed by atoms with Crippen LogP contribution in [0, 0.1) is 0 Å². The summed E-state index contributed by atoms with van der Waals surface area (Å²) in [5.41, 5.74) is 0.923. The number of amides is 1. The fourth-order valence-electron chi connectivity index (χ4n) is 1.53. The Morgan fingerprint density at radius 1 is 1.33 bits per heavy atom. The van der Waals surface area contributed by atoms with Crippen molar-refractivity contribution in [1.29, 1.82) is 0 Å². The van der Waals surface area contributed by atoms with Crippen LogP contribution in [-0.4, -0.2) is 5.91 Å². The summed E-state index contributed by atoms with van der Waals surface area (Å²) in [6.45, 7) is 0.565. The number of halogens is 2. The fourth-order valence-corrected chi connectivity index (χ4v) is 3.16. The minimum Gasteiger partial charge on any atom is -0.351 e. The maximum atomic E-state index is 11.7. The van der Waals surface area contributed by atoms with Crippen LogP contribution in [0.4, 0.5) is 0 Å². The molecule has 0 atom stereocenters. The van der Waals surface area contributed by atoms with E-state index in [0.717, 1.165) is 14.2 Å². The van der Waals surface area contributed by atoms with Crippen LogP contribution in [0.25, 0.3) is 0 Å². The Kier molecular flexibility index (Phi) is 4.80. The molecule has 5 heteroatoms. The lowest BCUT2D eigenvalue weighted by Gasteiger charge is -2.04. The summed E-state index contributed by atoms with van der Waals surface area (Å²) in [6, 6.07) is 11.3. The average molecular weight is 345 g/mol. The maximum absolute atomic E-state index is 11.7. The summed E-state index contributed by atoms with van der Waals surface area (Å²) in [5, 5.41) is 3.54. The van der Waals surface area contributed by atoms with Gasteiger partial charge >= 0.3 is 0 Å². The summed E-state index contributed by atoms with van der Waals surface area (Å²) >= 11 is 10.9. The van der Waals surface area contributed by atoms with Crippen molar-refractivity contribution in [2.75, 3.05) is 0 Å². The van der Waals surface area contributed by atoms with Gasteiger partial charge < -0.3 is 5.32 Å². The lowest BCUT2D eigenvalue weighted by Crippen LogP contribution is -2.24. The van der Waals surface area contributed by atoms with Gasteiger partial charge in [0.1, 0.15) is 0 Å². The molecule has 2 rings (SSSR count). The smallest absolute Gasteiger partial charge is 0.224 e. The van der Waals surface area contributed by atoms with Gasteiger partial charge in [0, 0.05) is 9.90 Å². The van der Waals surface area contributed by atoms with Crippen molar-refractivity contribution in [3.63, 3.8) is 0 Å². The standard InChI is InChI=1S/C13H11BrClNOS/c14-12-5-4-11(18-12)8-16-13(17)7-9-2-1-3-10(15)6-9/h1-6H,7-8H2,(H,16,17). The van der Waals surface area contributed by atoms with Crippen LogP contribution < -0.4 is 5.32 Å². The van der Waals surface area contributed by atoms with E-state index in [2.05, 4.69) is 21.2 Å². The summed E-state index contributed by atoms with van der Waals surface area (Å²) in [5.74, 6) is 0.00166. The highest BCUT2D eigenvalue weighted by molar-refractivity contribution is 9.11. The van der Waals surface area contributed by atoms with E-state index in [-0.39, 0.29) is 5.91 Å². The Morgan fingerprint density at radius 2 is 2.17 bits per heavy atom. The molecule has 0 bridgehead atoms. The number of carbonyl (C=O) groups excluding carboxylic acids is 1. The second kappa shape index (κ2) is 6.36. The van der Waals surface area contributed by atoms with Gasteiger partial charge in [0.05, 0.1) is 16.8 Å². The van der Waals surface area contributed by atoms with Gasteiger partial charge in [-0.15, -0.1) is 11.3 Å². The Labute approximate surface area is 123 Å². The van der Waals surface area contributed by atoms with Crippen LogP contribution in [0.5, 0.6) is 0 Å². The van der Waals surface area contributed by atoms with Crippen LogP contribution in [0.2, 0.25) is 5.02 Å². The van der Waals surface area contributed by atoms with Crippen LogP contribution in [-0.2, 0) is 17.8 Å². The minimum atomic E-state index is 0.00166. The van der Waals surface area contributed by atoms with Crippen molar-refractivity contribution in [1.82, 2.24) is 5.32 Å². The number of benzene rings is 1. The third kappa shape index (κ3) is 4.12. The van der Waals surface area contributed by atoms with Crippen LogP contribution >= 0.6 is 38.9 Å². The Balaban J connectivity index is 1.85. The van der Waals surface area contributed by atoms with Crippen molar-refractivity contribution >= 4 is 44.8 Å². The predicted octanol–water partition coefficient (Wildman–Crippen LogP) is 4.02.